The molecule has 0 aliphatic heterocycles. The SMILES string of the molecule is CCOc1ccccc1NC(=O)C(C)Nc1ccc(C)c(C)c1. The third kappa shape index (κ3) is 4.49. The van der Waals surface area contributed by atoms with Crippen molar-refractivity contribution in [2.75, 3.05) is 17.2 Å². The number of amides is 1. The number of ether oxygens (including phenoxy) is 1. The molecule has 0 saturated carbocycles. The summed E-state index contributed by atoms with van der Waals surface area (Å²) in [7, 11) is 0. The highest BCUT2D eigenvalue weighted by molar-refractivity contribution is 5.97. The fourth-order valence-electron chi connectivity index (χ4n) is 2.24. The summed E-state index contributed by atoms with van der Waals surface area (Å²) in [4.78, 5) is 12.4. The Bertz CT molecular complexity index is 683. The maximum Gasteiger partial charge on any atom is 0.246 e. The smallest absolute Gasteiger partial charge is 0.246 e. The van der Waals surface area contributed by atoms with E-state index in [0.29, 0.717) is 18.0 Å². The Morgan fingerprint density at radius 2 is 1.87 bits per heavy atom. The van der Waals surface area contributed by atoms with Crippen molar-refractivity contribution >= 4 is 17.3 Å². The van der Waals surface area contributed by atoms with E-state index in [-0.39, 0.29) is 11.9 Å². The molecule has 0 radical (unpaired) electrons. The molecule has 4 nitrogen and oxygen atoms in total. The van der Waals surface area contributed by atoms with Crippen LogP contribution in [0.2, 0.25) is 0 Å². The van der Waals surface area contributed by atoms with Crippen molar-refractivity contribution < 1.29 is 9.53 Å². The summed E-state index contributed by atoms with van der Waals surface area (Å²) in [5.74, 6) is 0.581. The molecule has 1 amide bonds. The van der Waals surface area contributed by atoms with E-state index >= 15 is 0 Å². The van der Waals surface area contributed by atoms with Crippen molar-refractivity contribution in [2.45, 2.75) is 33.7 Å². The van der Waals surface area contributed by atoms with Crippen LogP contribution in [0.4, 0.5) is 11.4 Å². The number of aryl methyl sites for hydroxylation is 2. The highest BCUT2D eigenvalue weighted by Gasteiger charge is 2.15. The first kappa shape index (κ1) is 16.9. The molecule has 2 rings (SSSR count). The minimum atomic E-state index is -0.355. The summed E-state index contributed by atoms with van der Waals surface area (Å²) in [6.07, 6.45) is 0. The average Bonchev–Trinajstić information content (AvgIpc) is 2.53. The minimum Gasteiger partial charge on any atom is -0.492 e. The average molecular weight is 312 g/mol. The Hall–Kier alpha value is -2.49. The van der Waals surface area contributed by atoms with Gasteiger partial charge in [-0.2, -0.15) is 0 Å². The molecule has 23 heavy (non-hydrogen) atoms. The summed E-state index contributed by atoms with van der Waals surface area (Å²) in [6, 6.07) is 13.2. The van der Waals surface area contributed by atoms with Crippen molar-refractivity contribution in [3.05, 3.63) is 53.6 Å². The molecule has 1 unspecified atom stereocenters. The lowest BCUT2D eigenvalue weighted by Gasteiger charge is -2.17. The van der Waals surface area contributed by atoms with Crippen LogP contribution < -0.4 is 15.4 Å². The fourth-order valence-corrected chi connectivity index (χ4v) is 2.24. The van der Waals surface area contributed by atoms with E-state index in [2.05, 4.69) is 24.5 Å². The number of nitrogens with one attached hydrogen (secondary N) is 2. The number of anilines is 2. The van der Waals surface area contributed by atoms with E-state index in [4.69, 9.17) is 4.74 Å². The lowest BCUT2D eigenvalue weighted by atomic mass is 10.1. The number of hydrogen-bond acceptors (Lipinski definition) is 3. The van der Waals surface area contributed by atoms with E-state index < -0.39 is 0 Å². The Morgan fingerprint density at radius 1 is 1.13 bits per heavy atom. The van der Waals surface area contributed by atoms with Crippen LogP contribution >= 0.6 is 0 Å². The molecule has 0 aliphatic carbocycles. The van der Waals surface area contributed by atoms with Gasteiger partial charge >= 0.3 is 0 Å². The zero-order chi connectivity index (χ0) is 16.8. The molecule has 0 saturated heterocycles. The van der Waals surface area contributed by atoms with Crippen molar-refractivity contribution in [1.82, 2.24) is 0 Å². The molecule has 0 bridgehead atoms. The molecule has 0 aliphatic rings. The molecular formula is C19H24N2O2. The second-order valence-electron chi connectivity index (χ2n) is 5.58. The second kappa shape index (κ2) is 7.68. The van der Waals surface area contributed by atoms with Crippen LogP contribution in [0.15, 0.2) is 42.5 Å². The van der Waals surface area contributed by atoms with Crippen LogP contribution in [0.5, 0.6) is 5.75 Å². The minimum absolute atomic E-state index is 0.101. The third-order valence-corrected chi connectivity index (χ3v) is 3.73. The van der Waals surface area contributed by atoms with Gasteiger partial charge in [0.15, 0.2) is 0 Å². The Balaban J connectivity index is 2.04. The van der Waals surface area contributed by atoms with Crippen molar-refractivity contribution in [1.29, 1.82) is 0 Å². The zero-order valence-corrected chi connectivity index (χ0v) is 14.1. The van der Waals surface area contributed by atoms with Crippen molar-refractivity contribution in [2.24, 2.45) is 0 Å². The topological polar surface area (TPSA) is 50.4 Å². The predicted octanol–water partition coefficient (Wildman–Crippen LogP) is 4.14. The number of hydrogen-bond donors (Lipinski definition) is 2. The number of benzene rings is 2. The van der Waals surface area contributed by atoms with Gasteiger partial charge < -0.3 is 15.4 Å². The number of carbonyl (C=O) groups excluding carboxylic acids is 1. The van der Waals surface area contributed by atoms with Gasteiger partial charge in [-0.1, -0.05) is 18.2 Å². The molecule has 1 atom stereocenters. The van der Waals surface area contributed by atoms with Crippen LogP contribution in [0.25, 0.3) is 0 Å². The predicted molar refractivity (Wildman–Crippen MR) is 95.2 cm³/mol. The highest BCUT2D eigenvalue weighted by atomic mass is 16.5. The molecule has 2 N–H and O–H groups in total. The van der Waals surface area contributed by atoms with E-state index in [0.717, 1.165) is 5.69 Å². The number of para-hydroxylation sites is 2. The lowest BCUT2D eigenvalue weighted by Crippen LogP contribution is -2.32. The van der Waals surface area contributed by atoms with Gasteiger partial charge in [-0.25, -0.2) is 0 Å². The van der Waals surface area contributed by atoms with Crippen LogP contribution in [0.3, 0.4) is 0 Å². The van der Waals surface area contributed by atoms with Crippen molar-refractivity contribution in [3.8, 4) is 5.75 Å². The summed E-state index contributed by atoms with van der Waals surface area (Å²) in [5, 5.41) is 6.14. The standard InChI is InChI=1S/C19H24N2O2/c1-5-23-18-9-7-6-8-17(18)21-19(22)15(4)20-16-11-10-13(2)14(3)12-16/h6-12,15,20H,5H2,1-4H3,(H,21,22). The lowest BCUT2D eigenvalue weighted by molar-refractivity contribution is -0.116. The van der Waals surface area contributed by atoms with Gasteiger partial charge in [0.25, 0.3) is 0 Å². The van der Waals surface area contributed by atoms with Crippen LogP contribution in [-0.2, 0) is 4.79 Å². The van der Waals surface area contributed by atoms with Gasteiger partial charge in [0.1, 0.15) is 11.8 Å². The van der Waals surface area contributed by atoms with Crippen molar-refractivity contribution in [3.63, 3.8) is 0 Å². The molecule has 0 aromatic heterocycles. The van der Waals surface area contributed by atoms with Gasteiger partial charge in [-0.05, 0) is 63.1 Å². The van der Waals surface area contributed by atoms with Gasteiger partial charge in [-0.3, -0.25) is 4.79 Å². The molecule has 2 aromatic carbocycles. The zero-order valence-electron chi connectivity index (χ0n) is 14.1. The first-order valence-electron chi connectivity index (χ1n) is 7.87. The fraction of sp³-hybridized carbons (Fsp3) is 0.316. The van der Waals surface area contributed by atoms with Gasteiger partial charge in [0.2, 0.25) is 5.91 Å². The van der Waals surface area contributed by atoms with Crippen LogP contribution in [-0.4, -0.2) is 18.6 Å². The quantitative estimate of drug-likeness (QED) is 0.843. The van der Waals surface area contributed by atoms with Gasteiger partial charge in [-0.15, -0.1) is 0 Å². The molecule has 4 heteroatoms. The molecule has 0 fully saturated rings. The Morgan fingerprint density at radius 3 is 2.57 bits per heavy atom. The van der Waals surface area contributed by atoms with Gasteiger partial charge in [0, 0.05) is 5.69 Å². The highest BCUT2D eigenvalue weighted by Crippen LogP contribution is 2.24. The normalized spacial score (nSPS) is 11.7. The summed E-state index contributed by atoms with van der Waals surface area (Å²) < 4.78 is 5.53. The maximum atomic E-state index is 12.4. The van der Waals surface area contributed by atoms with Crippen LogP contribution in [0, 0.1) is 13.8 Å². The molecule has 2 aromatic rings. The summed E-state index contributed by atoms with van der Waals surface area (Å²) in [5.41, 5.74) is 4.06. The number of rotatable bonds is 6. The van der Waals surface area contributed by atoms with E-state index in [1.165, 1.54) is 11.1 Å². The Labute approximate surface area is 137 Å². The first-order chi connectivity index (χ1) is 11.0. The molecule has 0 spiro atoms. The van der Waals surface area contributed by atoms with E-state index in [1.54, 1.807) is 0 Å². The Kier molecular flexibility index (Phi) is 5.63. The second-order valence-corrected chi connectivity index (χ2v) is 5.58. The van der Waals surface area contributed by atoms with Crippen LogP contribution in [0.1, 0.15) is 25.0 Å². The van der Waals surface area contributed by atoms with E-state index in [9.17, 15) is 4.79 Å². The van der Waals surface area contributed by atoms with Gasteiger partial charge in [0.05, 0.1) is 12.3 Å². The maximum absolute atomic E-state index is 12.4. The largest absolute Gasteiger partial charge is 0.492 e. The summed E-state index contributed by atoms with van der Waals surface area (Å²) in [6.45, 7) is 8.45. The monoisotopic (exact) mass is 312 g/mol. The molecule has 122 valence electrons. The summed E-state index contributed by atoms with van der Waals surface area (Å²) >= 11 is 0. The molecular weight excluding hydrogens is 288 g/mol. The molecule has 0 heterocycles. The third-order valence-electron chi connectivity index (χ3n) is 3.73. The number of carbonyl (C=O) groups is 1. The first-order valence-corrected chi connectivity index (χ1v) is 7.87. The van der Waals surface area contributed by atoms with E-state index in [1.807, 2.05) is 56.3 Å².